The molecule has 1 N–H and O–H groups in total. The van der Waals surface area contributed by atoms with Gasteiger partial charge in [-0.05, 0) is 42.3 Å². The number of hydrogen-bond donors (Lipinski definition) is 1. The predicted octanol–water partition coefficient (Wildman–Crippen LogP) is 3.86. The number of nitrogens with one attached hydrogen (secondary N) is 1. The van der Waals surface area contributed by atoms with Gasteiger partial charge in [0.15, 0.2) is 0 Å². The van der Waals surface area contributed by atoms with Crippen molar-refractivity contribution in [2.75, 3.05) is 0 Å². The molecule has 2 aromatic carbocycles. The largest absolute Gasteiger partial charge is 0.416 e. The molecule has 7 heteroatoms. The number of alkyl halides is 3. The monoisotopic (exact) mass is 383 g/mol. The first-order valence-corrected chi connectivity index (χ1v) is 8.78. The highest BCUT2D eigenvalue weighted by Gasteiger charge is 2.50. The molecule has 0 saturated carbocycles. The Morgan fingerprint density at radius 2 is 1.71 bits per heavy atom. The van der Waals surface area contributed by atoms with E-state index >= 15 is 0 Å². The molecule has 1 saturated heterocycles. The summed E-state index contributed by atoms with van der Waals surface area (Å²) in [7, 11) is 0. The molecular weight excluding hydrogens is 367 g/mol. The van der Waals surface area contributed by atoms with E-state index in [1.807, 2.05) is 13.0 Å². The van der Waals surface area contributed by atoms with Crippen molar-refractivity contribution < 1.29 is 18.0 Å². The van der Waals surface area contributed by atoms with Crippen molar-refractivity contribution in [3.63, 3.8) is 0 Å². The standard InChI is InChI=1S/C21H16F3N3O/c1-12-19(15-6-8-16(9-7-15)21(22,23)24)20-26-17(10-18(28)27(12)20)14-4-2-13(11-25)3-5-14/h2-10,12,19-20,26H,1H3. The van der Waals surface area contributed by atoms with Crippen LogP contribution in [0.25, 0.3) is 5.70 Å². The van der Waals surface area contributed by atoms with E-state index in [-0.39, 0.29) is 24.0 Å². The number of hydrogen-bond acceptors (Lipinski definition) is 3. The fraction of sp³-hybridized carbons (Fsp3) is 0.238. The zero-order valence-electron chi connectivity index (χ0n) is 14.9. The highest BCUT2D eigenvalue weighted by Crippen LogP contribution is 2.43. The summed E-state index contributed by atoms with van der Waals surface area (Å²) < 4.78 is 38.4. The third-order valence-electron chi connectivity index (χ3n) is 5.37. The molecule has 1 fully saturated rings. The maximum absolute atomic E-state index is 12.8. The second-order valence-corrected chi connectivity index (χ2v) is 6.97. The number of nitriles is 1. The summed E-state index contributed by atoms with van der Waals surface area (Å²) in [5.41, 5.74) is 2.00. The van der Waals surface area contributed by atoms with Crippen LogP contribution in [0.5, 0.6) is 0 Å². The van der Waals surface area contributed by atoms with E-state index in [1.165, 1.54) is 18.2 Å². The maximum atomic E-state index is 12.8. The van der Waals surface area contributed by atoms with Crippen LogP contribution >= 0.6 is 0 Å². The summed E-state index contributed by atoms with van der Waals surface area (Å²) in [4.78, 5) is 14.2. The Bertz CT molecular complexity index is 988. The molecule has 28 heavy (non-hydrogen) atoms. The summed E-state index contributed by atoms with van der Waals surface area (Å²) >= 11 is 0. The molecule has 0 aliphatic carbocycles. The lowest BCUT2D eigenvalue weighted by Gasteiger charge is -2.56. The Labute approximate surface area is 159 Å². The average molecular weight is 383 g/mol. The van der Waals surface area contributed by atoms with Crippen LogP contribution in [0.2, 0.25) is 0 Å². The zero-order valence-corrected chi connectivity index (χ0v) is 14.9. The molecular formula is C21H16F3N3O. The molecule has 0 aromatic heterocycles. The second-order valence-electron chi connectivity index (χ2n) is 6.97. The number of nitrogens with zero attached hydrogens (tertiary/aromatic N) is 2. The number of carbonyl (C=O) groups excluding carboxylic acids is 1. The van der Waals surface area contributed by atoms with Gasteiger partial charge in [-0.1, -0.05) is 24.3 Å². The Kier molecular flexibility index (Phi) is 4.15. The van der Waals surface area contributed by atoms with E-state index in [4.69, 9.17) is 5.26 Å². The number of fused-ring (bicyclic) bond motifs is 1. The van der Waals surface area contributed by atoms with Gasteiger partial charge in [0, 0.05) is 23.7 Å². The van der Waals surface area contributed by atoms with Crippen LogP contribution in [0, 0.1) is 11.3 Å². The van der Waals surface area contributed by atoms with Gasteiger partial charge < -0.3 is 10.2 Å². The molecule has 0 radical (unpaired) electrons. The van der Waals surface area contributed by atoms with Crippen LogP contribution in [0.1, 0.15) is 35.1 Å². The lowest BCUT2D eigenvalue weighted by molar-refractivity contribution is -0.143. The molecule has 4 nitrogen and oxygen atoms in total. The first kappa shape index (κ1) is 18.1. The highest BCUT2D eigenvalue weighted by molar-refractivity contribution is 5.98. The van der Waals surface area contributed by atoms with Crippen molar-refractivity contribution in [1.82, 2.24) is 10.2 Å². The average Bonchev–Trinajstić information content (AvgIpc) is 2.66. The third-order valence-corrected chi connectivity index (χ3v) is 5.37. The van der Waals surface area contributed by atoms with Gasteiger partial charge in [-0.15, -0.1) is 0 Å². The first-order chi connectivity index (χ1) is 13.3. The summed E-state index contributed by atoms with van der Waals surface area (Å²) in [5.74, 6) is -0.257. The molecule has 2 heterocycles. The van der Waals surface area contributed by atoms with Crippen LogP contribution in [0.15, 0.2) is 54.6 Å². The van der Waals surface area contributed by atoms with Gasteiger partial charge in [0.2, 0.25) is 0 Å². The zero-order chi connectivity index (χ0) is 20.1. The number of amides is 1. The van der Waals surface area contributed by atoms with Gasteiger partial charge in [0.1, 0.15) is 6.17 Å². The van der Waals surface area contributed by atoms with Gasteiger partial charge in [-0.2, -0.15) is 18.4 Å². The van der Waals surface area contributed by atoms with Gasteiger partial charge in [0.25, 0.3) is 5.91 Å². The summed E-state index contributed by atoms with van der Waals surface area (Å²) in [6.07, 6.45) is -3.19. The lowest BCUT2D eigenvalue weighted by Crippen LogP contribution is -2.69. The molecule has 0 bridgehead atoms. The second kappa shape index (κ2) is 6.41. The van der Waals surface area contributed by atoms with Crippen molar-refractivity contribution in [1.29, 1.82) is 5.26 Å². The number of halogens is 3. The van der Waals surface area contributed by atoms with Gasteiger partial charge in [0.05, 0.1) is 17.2 Å². The predicted molar refractivity (Wildman–Crippen MR) is 96.6 cm³/mol. The minimum Gasteiger partial charge on any atom is -0.364 e. The van der Waals surface area contributed by atoms with Crippen LogP contribution in [-0.4, -0.2) is 23.0 Å². The smallest absolute Gasteiger partial charge is 0.364 e. The first-order valence-electron chi connectivity index (χ1n) is 8.78. The van der Waals surface area contributed by atoms with E-state index in [9.17, 15) is 18.0 Å². The van der Waals surface area contributed by atoms with E-state index in [1.54, 1.807) is 29.2 Å². The fourth-order valence-corrected chi connectivity index (χ4v) is 3.90. The topological polar surface area (TPSA) is 56.1 Å². The Hall–Kier alpha value is -3.27. The molecule has 0 spiro atoms. The normalized spacial score (nSPS) is 23.8. The van der Waals surface area contributed by atoms with Crippen LogP contribution in [-0.2, 0) is 11.0 Å². The molecule has 3 unspecified atom stereocenters. The van der Waals surface area contributed by atoms with Gasteiger partial charge in [-0.3, -0.25) is 4.79 Å². The summed E-state index contributed by atoms with van der Waals surface area (Å²) in [5, 5.41) is 12.2. The fourth-order valence-electron chi connectivity index (χ4n) is 3.90. The third kappa shape index (κ3) is 2.91. The number of carbonyl (C=O) groups is 1. The molecule has 2 aliphatic rings. The maximum Gasteiger partial charge on any atom is 0.416 e. The highest BCUT2D eigenvalue weighted by atomic mass is 19.4. The molecule has 4 rings (SSSR count). The molecule has 2 aromatic rings. The van der Waals surface area contributed by atoms with Crippen molar-refractivity contribution in [3.8, 4) is 6.07 Å². The summed E-state index contributed by atoms with van der Waals surface area (Å²) in [6.45, 7) is 1.89. The minimum absolute atomic E-state index is 0.117. The molecule has 142 valence electrons. The Morgan fingerprint density at radius 1 is 1.07 bits per heavy atom. The Balaban J connectivity index is 1.60. The van der Waals surface area contributed by atoms with Crippen molar-refractivity contribution >= 4 is 11.6 Å². The van der Waals surface area contributed by atoms with Crippen LogP contribution < -0.4 is 5.32 Å². The SMILES string of the molecule is CC1C(c2ccc(C(F)(F)F)cc2)C2NC(c3ccc(C#N)cc3)=CC(=O)N12. The van der Waals surface area contributed by atoms with Crippen LogP contribution in [0.3, 0.4) is 0 Å². The van der Waals surface area contributed by atoms with E-state index in [0.29, 0.717) is 11.3 Å². The Morgan fingerprint density at radius 3 is 2.29 bits per heavy atom. The van der Waals surface area contributed by atoms with E-state index < -0.39 is 11.7 Å². The quantitative estimate of drug-likeness (QED) is 0.857. The summed E-state index contributed by atoms with van der Waals surface area (Å²) in [6, 6.07) is 13.9. The van der Waals surface area contributed by atoms with Crippen LogP contribution in [0.4, 0.5) is 13.2 Å². The van der Waals surface area contributed by atoms with Crippen molar-refractivity contribution in [2.45, 2.75) is 31.2 Å². The number of rotatable bonds is 2. The van der Waals surface area contributed by atoms with E-state index in [0.717, 1.165) is 23.3 Å². The minimum atomic E-state index is -4.37. The molecule has 1 amide bonds. The lowest BCUT2D eigenvalue weighted by atomic mass is 9.78. The molecule has 3 atom stereocenters. The van der Waals surface area contributed by atoms with Gasteiger partial charge in [-0.25, -0.2) is 0 Å². The van der Waals surface area contributed by atoms with E-state index in [2.05, 4.69) is 5.32 Å². The van der Waals surface area contributed by atoms with Crippen molar-refractivity contribution in [2.24, 2.45) is 0 Å². The van der Waals surface area contributed by atoms with Crippen molar-refractivity contribution in [3.05, 3.63) is 76.9 Å². The number of benzene rings is 2. The molecule has 2 aliphatic heterocycles. The van der Waals surface area contributed by atoms with Gasteiger partial charge >= 0.3 is 6.18 Å².